The summed E-state index contributed by atoms with van der Waals surface area (Å²) in [4.78, 5) is 92.7. The Morgan fingerprint density at radius 3 is 2.18 bits per heavy atom. The van der Waals surface area contributed by atoms with Crippen molar-refractivity contribution in [3.8, 4) is 5.75 Å². The van der Waals surface area contributed by atoms with Crippen LogP contribution >= 0.6 is 0 Å². The molecule has 300 valence electrons. The van der Waals surface area contributed by atoms with Gasteiger partial charge in [0, 0.05) is 51.0 Å². The third-order valence-electron chi connectivity index (χ3n) is 8.37. The summed E-state index contributed by atoms with van der Waals surface area (Å²) >= 11 is 0. The third kappa shape index (κ3) is 12.4. The van der Waals surface area contributed by atoms with Gasteiger partial charge in [-0.15, -0.1) is 6.58 Å². The van der Waals surface area contributed by atoms with Gasteiger partial charge in [0.15, 0.2) is 17.8 Å². The number of carbonyl (C=O) groups excluding carboxylic acids is 7. The Morgan fingerprint density at radius 2 is 1.62 bits per heavy atom. The molecule has 0 bridgehead atoms. The maximum atomic E-state index is 14.1. The van der Waals surface area contributed by atoms with E-state index in [0.717, 1.165) is 20.8 Å². The average molecular weight is 780 g/mol. The van der Waals surface area contributed by atoms with Crippen LogP contribution in [0.3, 0.4) is 0 Å². The SMILES string of the molecule is C=CC[C@]1(C(=O)OCc2ccccc2)C[C@H](OC(C)=O)C(NC(=O)CN=[N+]=[N-])C([C@H](OC(C)=O)[C@@H](CNC(=O)c2cc(C)c(OC(C)=O)c(C)c2)OC(C)=O)O1. The number of aryl methyl sites for hydroxylation is 2. The quantitative estimate of drug-likeness (QED) is 0.0445. The van der Waals surface area contributed by atoms with E-state index in [9.17, 15) is 33.6 Å². The fourth-order valence-electron chi connectivity index (χ4n) is 6.25. The summed E-state index contributed by atoms with van der Waals surface area (Å²) in [6.45, 7) is 10.0. The lowest BCUT2D eigenvalue weighted by Crippen LogP contribution is -2.69. The van der Waals surface area contributed by atoms with Crippen LogP contribution in [-0.2, 0) is 59.1 Å². The minimum Gasteiger partial charge on any atom is -0.460 e. The van der Waals surface area contributed by atoms with Crippen LogP contribution in [0.1, 0.15) is 67.6 Å². The van der Waals surface area contributed by atoms with Crippen molar-refractivity contribution in [2.75, 3.05) is 13.1 Å². The molecule has 6 atom stereocenters. The highest BCUT2D eigenvalue weighted by Gasteiger charge is 2.57. The van der Waals surface area contributed by atoms with Gasteiger partial charge in [-0.25, -0.2) is 4.79 Å². The van der Waals surface area contributed by atoms with Crippen LogP contribution in [0.2, 0.25) is 0 Å². The topological polar surface area (TPSA) is 248 Å². The molecule has 18 heteroatoms. The van der Waals surface area contributed by atoms with Crippen molar-refractivity contribution >= 4 is 41.7 Å². The van der Waals surface area contributed by atoms with Gasteiger partial charge < -0.3 is 39.1 Å². The second kappa shape index (κ2) is 20.4. The second-order valence-corrected chi connectivity index (χ2v) is 12.9. The van der Waals surface area contributed by atoms with Crippen LogP contribution in [0.15, 0.2) is 60.2 Å². The molecule has 2 amide bonds. The van der Waals surface area contributed by atoms with E-state index in [1.165, 1.54) is 25.1 Å². The summed E-state index contributed by atoms with van der Waals surface area (Å²) < 4.78 is 34.4. The summed E-state index contributed by atoms with van der Waals surface area (Å²) in [6.07, 6.45) is -5.64. The first kappa shape index (κ1) is 44.1. The van der Waals surface area contributed by atoms with Crippen molar-refractivity contribution in [1.29, 1.82) is 0 Å². The molecule has 1 saturated heterocycles. The van der Waals surface area contributed by atoms with Gasteiger partial charge in [-0.3, -0.25) is 28.8 Å². The van der Waals surface area contributed by atoms with E-state index in [0.29, 0.717) is 16.7 Å². The first-order valence-corrected chi connectivity index (χ1v) is 17.4. The van der Waals surface area contributed by atoms with Crippen molar-refractivity contribution < 1.29 is 62.0 Å². The fourth-order valence-corrected chi connectivity index (χ4v) is 6.25. The van der Waals surface area contributed by atoms with Crippen LogP contribution in [0.25, 0.3) is 10.4 Å². The van der Waals surface area contributed by atoms with Crippen LogP contribution in [-0.4, -0.2) is 90.8 Å². The number of azide groups is 1. The molecule has 1 aliphatic heterocycles. The van der Waals surface area contributed by atoms with Gasteiger partial charge >= 0.3 is 29.8 Å². The smallest absolute Gasteiger partial charge is 0.339 e. The Morgan fingerprint density at radius 1 is 0.982 bits per heavy atom. The lowest BCUT2D eigenvalue weighted by atomic mass is 9.81. The molecule has 18 nitrogen and oxygen atoms in total. The first-order chi connectivity index (χ1) is 26.5. The van der Waals surface area contributed by atoms with Crippen molar-refractivity contribution in [1.82, 2.24) is 10.6 Å². The number of esters is 5. The van der Waals surface area contributed by atoms with Gasteiger partial charge in [-0.1, -0.05) is 41.5 Å². The highest BCUT2D eigenvalue weighted by molar-refractivity contribution is 5.95. The maximum absolute atomic E-state index is 14.1. The van der Waals surface area contributed by atoms with Crippen molar-refractivity contribution in [3.05, 3.63) is 87.8 Å². The monoisotopic (exact) mass is 779 g/mol. The molecule has 2 aromatic rings. The molecule has 0 aromatic heterocycles. The predicted octanol–water partition coefficient (Wildman–Crippen LogP) is 3.40. The van der Waals surface area contributed by atoms with E-state index < -0.39 is 97.2 Å². The number of carbonyl (C=O) groups is 7. The maximum Gasteiger partial charge on any atom is 0.339 e. The Bertz CT molecular complexity index is 1840. The molecule has 56 heavy (non-hydrogen) atoms. The second-order valence-electron chi connectivity index (χ2n) is 12.9. The zero-order valence-corrected chi connectivity index (χ0v) is 31.9. The zero-order valence-electron chi connectivity index (χ0n) is 31.9. The molecule has 0 saturated carbocycles. The van der Waals surface area contributed by atoms with Crippen molar-refractivity contribution in [2.45, 2.75) is 97.0 Å². The van der Waals surface area contributed by atoms with E-state index >= 15 is 0 Å². The fraction of sp³-hybridized carbons (Fsp3) is 0.447. The molecule has 3 rings (SSSR count). The number of ether oxygens (including phenoxy) is 6. The molecule has 1 aliphatic rings. The number of benzene rings is 2. The molecular weight excluding hydrogens is 734 g/mol. The van der Waals surface area contributed by atoms with Crippen LogP contribution < -0.4 is 15.4 Å². The normalized spacial score (nSPS) is 19.7. The van der Waals surface area contributed by atoms with E-state index in [1.54, 1.807) is 44.2 Å². The Kier molecular flexibility index (Phi) is 16.1. The minimum absolute atomic E-state index is 0.139. The van der Waals surface area contributed by atoms with Gasteiger partial charge in [0.1, 0.15) is 31.1 Å². The molecule has 0 spiro atoms. The van der Waals surface area contributed by atoms with E-state index in [1.807, 2.05) is 0 Å². The molecular formula is C38H45N5O13. The lowest BCUT2D eigenvalue weighted by Gasteiger charge is -2.49. The average Bonchev–Trinajstić information content (AvgIpc) is 3.12. The van der Waals surface area contributed by atoms with Gasteiger partial charge in [-0.2, -0.15) is 0 Å². The van der Waals surface area contributed by atoms with Gasteiger partial charge in [-0.05, 0) is 48.2 Å². The molecule has 1 heterocycles. The highest BCUT2D eigenvalue weighted by Crippen LogP contribution is 2.38. The Balaban J connectivity index is 2.15. The Hall–Kier alpha value is -6.26. The van der Waals surface area contributed by atoms with E-state index in [2.05, 4.69) is 27.2 Å². The summed E-state index contributed by atoms with van der Waals surface area (Å²) in [5.41, 5.74) is 8.57. The molecule has 2 unspecified atom stereocenters. The minimum atomic E-state index is -1.99. The van der Waals surface area contributed by atoms with Crippen LogP contribution in [0, 0.1) is 13.8 Å². The number of hydrogen-bond acceptors (Lipinski definition) is 14. The number of rotatable bonds is 17. The molecule has 2 N–H and O–H groups in total. The Labute approximate surface area is 322 Å². The van der Waals surface area contributed by atoms with Crippen LogP contribution in [0.4, 0.5) is 0 Å². The number of amides is 2. The summed E-state index contributed by atoms with van der Waals surface area (Å²) in [5, 5.41) is 8.49. The molecule has 1 fully saturated rings. The zero-order chi connectivity index (χ0) is 41.6. The van der Waals surface area contributed by atoms with Crippen molar-refractivity contribution in [3.63, 3.8) is 0 Å². The standard InChI is InChI=1S/C38H45N5O13/c1-8-14-38(37(50)51-20-27-12-10-9-11-13-27)17-29(52-23(4)44)32(42-31(48)19-41-43-39)35(56-38)34(55-26(7)47)30(53-24(5)45)18-40-36(49)28-15-21(2)33(22(3)16-28)54-25(6)46/h8-13,15-16,29-30,32,34-35H,1,14,17-20H2,2-7H3,(H,40,49)(H,42,48)/t29-,30+,32?,34+,35?,38+/m0/s1. The highest BCUT2D eigenvalue weighted by atomic mass is 16.6. The van der Waals surface area contributed by atoms with E-state index in [-0.39, 0.29) is 24.3 Å². The van der Waals surface area contributed by atoms with Gasteiger partial charge in [0.2, 0.25) is 5.91 Å². The number of nitrogens with zero attached hydrogens (tertiary/aromatic N) is 3. The third-order valence-corrected chi connectivity index (χ3v) is 8.37. The van der Waals surface area contributed by atoms with Crippen molar-refractivity contribution in [2.24, 2.45) is 5.11 Å². The number of nitrogens with one attached hydrogen (secondary N) is 2. The predicted molar refractivity (Wildman–Crippen MR) is 195 cm³/mol. The van der Waals surface area contributed by atoms with E-state index in [4.69, 9.17) is 34.0 Å². The molecule has 0 aliphatic carbocycles. The first-order valence-electron chi connectivity index (χ1n) is 17.4. The largest absolute Gasteiger partial charge is 0.460 e. The summed E-state index contributed by atoms with van der Waals surface area (Å²) in [6, 6.07) is 10.2. The lowest BCUT2D eigenvalue weighted by molar-refractivity contribution is -0.240. The summed E-state index contributed by atoms with van der Waals surface area (Å²) in [7, 11) is 0. The van der Waals surface area contributed by atoms with Crippen LogP contribution in [0.5, 0.6) is 5.75 Å². The van der Waals surface area contributed by atoms with Gasteiger partial charge in [0.05, 0.1) is 12.6 Å². The molecule has 2 aromatic carbocycles. The molecule has 0 radical (unpaired) electrons. The van der Waals surface area contributed by atoms with Gasteiger partial charge in [0.25, 0.3) is 5.91 Å². The number of hydrogen-bond donors (Lipinski definition) is 2. The summed E-state index contributed by atoms with van der Waals surface area (Å²) in [5.74, 6) is -5.38.